The molecule has 0 aromatic carbocycles. The second-order valence-corrected chi connectivity index (χ2v) is 15.8. The molecule has 0 aliphatic carbocycles. The Labute approximate surface area is 257 Å². The first-order chi connectivity index (χ1) is 19.6. The molecule has 1 unspecified atom stereocenters. The largest absolute Gasteiger partial charge is 0.367 e. The Morgan fingerprint density at radius 3 is 2.55 bits per heavy atom. The van der Waals surface area contributed by atoms with Crippen LogP contribution in [0.25, 0.3) is 0 Å². The van der Waals surface area contributed by atoms with E-state index in [0.29, 0.717) is 36.4 Å². The van der Waals surface area contributed by atoms with Crippen molar-refractivity contribution in [3.8, 4) is 0 Å². The van der Waals surface area contributed by atoms with Gasteiger partial charge >= 0.3 is 0 Å². The standard InChI is InChI=1S/C31H39BrN6O3S/c1-19-14-23(15-22-11-10-21(32)17-33-22)34-26-8-7-9-27(36-26)42(40,41)37-29(39)24-12-13-25(30(2,3)4)35-28(24)38-18-20(19)16-31(38,5)6/h7-13,17,19-20,23H,14-16,18H2,1-6H3,(H,34,36)(H,37,39)/t19-,20-,23?/m0/s1. The molecule has 4 bridgehead atoms. The molecular weight excluding hydrogens is 616 g/mol. The van der Waals surface area contributed by atoms with Crippen molar-refractivity contribution in [3.05, 3.63) is 70.1 Å². The van der Waals surface area contributed by atoms with Gasteiger partial charge in [0.25, 0.3) is 15.9 Å². The number of carbonyl (C=O) groups excluding carboxylic acids is 1. The van der Waals surface area contributed by atoms with Gasteiger partial charge in [-0.25, -0.2) is 14.7 Å². The van der Waals surface area contributed by atoms with E-state index >= 15 is 0 Å². The summed E-state index contributed by atoms with van der Waals surface area (Å²) in [7, 11) is -4.26. The Bertz CT molecular complexity index is 1590. The van der Waals surface area contributed by atoms with Gasteiger partial charge in [0.15, 0.2) is 5.03 Å². The number of halogens is 1. The predicted molar refractivity (Wildman–Crippen MR) is 168 cm³/mol. The molecule has 1 saturated heterocycles. The number of nitrogens with zero attached hydrogens (tertiary/aromatic N) is 4. The number of carbonyl (C=O) groups is 1. The lowest BCUT2D eigenvalue weighted by molar-refractivity contribution is 0.0981. The van der Waals surface area contributed by atoms with Crippen molar-refractivity contribution >= 4 is 43.5 Å². The molecule has 5 rings (SSSR count). The lowest BCUT2D eigenvalue weighted by atomic mass is 9.83. The molecule has 9 nitrogen and oxygen atoms in total. The van der Waals surface area contributed by atoms with Gasteiger partial charge in [0.1, 0.15) is 11.6 Å². The van der Waals surface area contributed by atoms with Gasteiger partial charge < -0.3 is 10.2 Å². The highest BCUT2D eigenvalue weighted by Crippen LogP contribution is 2.42. The van der Waals surface area contributed by atoms with Crippen molar-refractivity contribution in [3.63, 3.8) is 0 Å². The van der Waals surface area contributed by atoms with Crippen LogP contribution in [0.4, 0.5) is 11.6 Å². The number of anilines is 2. The molecule has 1 fully saturated rings. The summed E-state index contributed by atoms with van der Waals surface area (Å²) in [5.41, 5.74) is 1.45. The number of pyridine rings is 3. The highest BCUT2D eigenvalue weighted by atomic mass is 79.9. The normalized spacial score (nSPS) is 23.6. The van der Waals surface area contributed by atoms with E-state index in [1.165, 1.54) is 6.07 Å². The van der Waals surface area contributed by atoms with Crippen LogP contribution in [-0.4, -0.2) is 47.4 Å². The van der Waals surface area contributed by atoms with Gasteiger partial charge in [0, 0.05) is 52.0 Å². The van der Waals surface area contributed by atoms with Crippen LogP contribution >= 0.6 is 15.9 Å². The van der Waals surface area contributed by atoms with Crippen molar-refractivity contribution in [2.24, 2.45) is 11.8 Å². The Hall–Kier alpha value is -3.05. The summed E-state index contributed by atoms with van der Waals surface area (Å²) in [6, 6.07) is 12.2. The van der Waals surface area contributed by atoms with Gasteiger partial charge in [-0.15, -0.1) is 0 Å². The molecule has 42 heavy (non-hydrogen) atoms. The molecule has 0 saturated carbocycles. The SMILES string of the molecule is C[C@H]1CC(Cc2ccc(Br)cn2)Nc2cccc(n2)S(=O)(=O)NC(=O)c2ccc(C(C)(C)C)nc2N2C[C@@H]1CC2(C)C. The first-order valence-electron chi connectivity index (χ1n) is 14.3. The molecule has 3 aromatic rings. The van der Waals surface area contributed by atoms with E-state index in [9.17, 15) is 13.2 Å². The Balaban J connectivity index is 1.61. The molecule has 0 spiro atoms. The maximum Gasteiger partial charge on any atom is 0.281 e. The zero-order valence-electron chi connectivity index (χ0n) is 25.0. The van der Waals surface area contributed by atoms with Crippen LogP contribution in [0.15, 0.2) is 58.2 Å². The van der Waals surface area contributed by atoms with E-state index in [2.05, 4.69) is 82.4 Å². The number of amides is 1. The van der Waals surface area contributed by atoms with Crippen LogP contribution in [0.3, 0.4) is 0 Å². The van der Waals surface area contributed by atoms with Crippen molar-refractivity contribution in [1.29, 1.82) is 0 Å². The summed E-state index contributed by atoms with van der Waals surface area (Å²) in [4.78, 5) is 29.8. The van der Waals surface area contributed by atoms with Crippen molar-refractivity contribution in [2.75, 3.05) is 16.8 Å². The van der Waals surface area contributed by atoms with Crippen LogP contribution in [0, 0.1) is 11.8 Å². The lowest BCUT2D eigenvalue weighted by Gasteiger charge is -2.34. The fourth-order valence-corrected chi connectivity index (χ4v) is 7.17. The van der Waals surface area contributed by atoms with E-state index in [0.717, 1.165) is 28.7 Å². The zero-order chi connectivity index (χ0) is 30.4. The maximum atomic E-state index is 13.6. The number of sulfonamides is 1. The monoisotopic (exact) mass is 654 g/mol. The summed E-state index contributed by atoms with van der Waals surface area (Å²) in [6.45, 7) is 13.5. The van der Waals surface area contributed by atoms with Crippen LogP contribution in [-0.2, 0) is 21.9 Å². The first-order valence-corrected chi connectivity index (χ1v) is 16.6. The van der Waals surface area contributed by atoms with Gasteiger partial charge in [-0.05, 0) is 90.9 Å². The second kappa shape index (κ2) is 11.2. The Morgan fingerprint density at radius 1 is 1.10 bits per heavy atom. The molecule has 3 aromatic heterocycles. The Morgan fingerprint density at radius 2 is 1.86 bits per heavy atom. The number of nitrogens with one attached hydrogen (secondary N) is 2. The van der Waals surface area contributed by atoms with Crippen molar-refractivity contribution in [2.45, 2.75) is 82.8 Å². The Kier molecular flexibility index (Phi) is 8.12. The third-order valence-electron chi connectivity index (χ3n) is 8.34. The van der Waals surface area contributed by atoms with Gasteiger partial charge in [-0.3, -0.25) is 9.78 Å². The fourth-order valence-electron chi connectivity index (χ4n) is 6.00. The smallest absolute Gasteiger partial charge is 0.281 e. The lowest BCUT2D eigenvalue weighted by Crippen LogP contribution is -2.41. The number of aromatic nitrogens is 3. The number of rotatable bonds is 2. The van der Waals surface area contributed by atoms with Gasteiger partial charge in [-0.1, -0.05) is 33.8 Å². The minimum Gasteiger partial charge on any atom is -0.367 e. The van der Waals surface area contributed by atoms with E-state index < -0.39 is 15.9 Å². The molecule has 11 heteroatoms. The predicted octanol–water partition coefficient (Wildman–Crippen LogP) is 5.72. The minimum absolute atomic E-state index is 0.0473. The zero-order valence-corrected chi connectivity index (χ0v) is 27.4. The first kappa shape index (κ1) is 30.4. The number of hydrogen-bond acceptors (Lipinski definition) is 8. The molecule has 2 aliphatic heterocycles. The van der Waals surface area contributed by atoms with Crippen LogP contribution in [0.5, 0.6) is 0 Å². The van der Waals surface area contributed by atoms with Crippen LogP contribution in [0.1, 0.15) is 76.1 Å². The van der Waals surface area contributed by atoms with E-state index in [1.54, 1.807) is 24.4 Å². The molecule has 3 atom stereocenters. The fraction of sp³-hybridized carbons (Fsp3) is 0.484. The van der Waals surface area contributed by atoms with Crippen LogP contribution < -0.4 is 14.9 Å². The van der Waals surface area contributed by atoms with Crippen molar-refractivity contribution < 1.29 is 13.2 Å². The molecule has 224 valence electrons. The van der Waals surface area contributed by atoms with Gasteiger partial charge in [0.05, 0.1) is 5.56 Å². The summed E-state index contributed by atoms with van der Waals surface area (Å²) in [6.07, 6.45) is 4.16. The highest BCUT2D eigenvalue weighted by Gasteiger charge is 2.43. The average molecular weight is 656 g/mol. The second-order valence-electron chi connectivity index (χ2n) is 13.2. The summed E-state index contributed by atoms with van der Waals surface area (Å²) < 4.78 is 30.0. The minimum atomic E-state index is -4.26. The number of fused-ring (bicyclic) bond motifs is 6. The van der Waals surface area contributed by atoms with Gasteiger partial charge in [-0.2, -0.15) is 8.42 Å². The van der Waals surface area contributed by atoms with E-state index in [1.807, 2.05) is 18.2 Å². The van der Waals surface area contributed by atoms with Crippen molar-refractivity contribution in [1.82, 2.24) is 19.7 Å². The summed E-state index contributed by atoms with van der Waals surface area (Å²) >= 11 is 3.46. The molecule has 2 aliphatic rings. The average Bonchev–Trinajstić information content (AvgIpc) is 3.23. The van der Waals surface area contributed by atoms with E-state index in [-0.39, 0.29) is 27.6 Å². The summed E-state index contributed by atoms with van der Waals surface area (Å²) in [5.74, 6) is 0.855. The molecule has 0 radical (unpaired) electrons. The maximum absolute atomic E-state index is 13.6. The third kappa shape index (κ3) is 6.46. The molecule has 2 N–H and O–H groups in total. The van der Waals surface area contributed by atoms with E-state index in [4.69, 9.17) is 4.98 Å². The highest BCUT2D eigenvalue weighted by molar-refractivity contribution is 9.10. The number of hydrogen-bond donors (Lipinski definition) is 2. The quantitative estimate of drug-likeness (QED) is 0.360. The molecule has 1 amide bonds. The topological polar surface area (TPSA) is 117 Å². The van der Waals surface area contributed by atoms with Crippen LogP contribution in [0.2, 0.25) is 0 Å². The molecule has 5 heterocycles. The van der Waals surface area contributed by atoms with Gasteiger partial charge in [0.2, 0.25) is 0 Å². The molecular formula is C31H39BrN6O3S. The summed E-state index contributed by atoms with van der Waals surface area (Å²) in [5, 5.41) is 3.26. The third-order valence-corrected chi connectivity index (χ3v) is 10.0.